The summed E-state index contributed by atoms with van der Waals surface area (Å²) in [5.74, 6) is 0.669. The monoisotopic (exact) mass is 263 g/mol. The van der Waals surface area contributed by atoms with Gasteiger partial charge in [-0.05, 0) is 65.1 Å². The van der Waals surface area contributed by atoms with Crippen LogP contribution in [-0.4, -0.2) is 26.3 Å². The number of methoxy groups -OCH3 is 1. The molecule has 1 aromatic carbocycles. The molecule has 1 aromatic rings. The molecule has 1 rings (SSSR count). The van der Waals surface area contributed by atoms with E-state index >= 15 is 0 Å². The van der Waals surface area contributed by atoms with E-state index in [0.29, 0.717) is 5.92 Å². The molecule has 0 bridgehead atoms. The smallest absolute Gasteiger partial charge is 0.0622 e. The number of benzene rings is 1. The summed E-state index contributed by atoms with van der Waals surface area (Å²) in [5, 5.41) is 3.31. The van der Waals surface area contributed by atoms with Crippen molar-refractivity contribution in [1.29, 1.82) is 0 Å². The van der Waals surface area contributed by atoms with Crippen LogP contribution in [0.15, 0.2) is 24.3 Å². The molecule has 1 atom stereocenters. The molecule has 1 unspecified atom stereocenters. The summed E-state index contributed by atoms with van der Waals surface area (Å²) < 4.78 is 5.51. The van der Waals surface area contributed by atoms with E-state index in [1.54, 1.807) is 7.11 Å². The molecule has 2 nitrogen and oxygen atoms in total. The van der Waals surface area contributed by atoms with Crippen molar-refractivity contribution in [2.75, 3.05) is 20.7 Å². The van der Waals surface area contributed by atoms with Gasteiger partial charge in [0.15, 0.2) is 0 Å². The van der Waals surface area contributed by atoms with Gasteiger partial charge in [0.1, 0.15) is 0 Å². The van der Waals surface area contributed by atoms with Gasteiger partial charge in [0.2, 0.25) is 0 Å². The lowest BCUT2D eigenvalue weighted by atomic mass is 9.90. The first-order valence-corrected chi connectivity index (χ1v) is 7.22. The predicted molar refractivity (Wildman–Crippen MR) is 82.6 cm³/mol. The minimum Gasteiger partial charge on any atom is -0.379 e. The highest BCUT2D eigenvalue weighted by Gasteiger charge is 2.19. The number of rotatable bonds is 8. The Labute approximate surface area is 118 Å². The fourth-order valence-electron chi connectivity index (χ4n) is 2.28. The lowest BCUT2D eigenvalue weighted by molar-refractivity contribution is 0.0104. The molecule has 0 radical (unpaired) electrons. The normalized spacial score (nSPS) is 13.5. The highest BCUT2D eigenvalue weighted by molar-refractivity contribution is 5.21. The third kappa shape index (κ3) is 6.22. The molecule has 0 aliphatic carbocycles. The van der Waals surface area contributed by atoms with Crippen LogP contribution in [0.3, 0.4) is 0 Å². The lowest BCUT2D eigenvalue weighted by Gasteiger charge is -2.26. The minimum absolute atomic E-state index is 0.0146. The molecule has 0 fully saturated rings. The average Bonchev–Trinajstić information content (AvgIpc) is 2.39. The Kier molecular flexibility index (Phi) is 6.53. The van der Waals surface area contributed by atoms with E-state index < -0.39 is 0 Å². The van der Waals surface area contributed by atoms with Gasteiger partial charge >= 0.3 is 0 Å². The number of nitrogens with one attached hydrogen (secondary N) is 1. The Balaban J connectivity index is 2.55. The zero-order valence-electron chi connectivity index (χ0n) is 13.1. The Morgan fingerprint density at radius 2 is 1.84 bits per heavy atom. The Morgan fingerprint density at radius 3 is 2.37 bits per heavy atom. The SMILES string of the molecule is CNCC(CCC(C)(C)OC)Cc1ccc(C)cc1. The van der Waals surface area contributed by atoms with E-state index in [2.05, 4.69) is 50.4 Å². The first kappa shape index (κ1) is 16.2. The molecule has 0 saturated carbocycles. The largest absolute Gasteiger partial charge is 0.379 e. The molecule has 0 aliphatic heterocycles. The third-order valence-electron chi connectivity index (χ3n) is 3.85. The number of aryl methyl sites for hydroxylation is 1. The van der Waals surface area contributed by atoms with Gasteiger partial charge in [-0.1, -0.05) is 29.8 Å². The van der Waals surface area contributed by atoms with Gasteiger partial charge in [-0.3, -0.25) is 0 Å². The fraction of sp³-hybridized carbons (Fsp3) is 0.647. The third-order valence-corrected chi connectivity index (χ3v) is 3.85. The van der Waals surface area contributed by atoms with Crippen LogP contribution < -0.4 is 5.32 Å². The molecule has 0 aromatic heterocycles. The van der Waals surface area contributed by atoms with Crippen molar-refractivity contribution < 1.29 is 4.74 Å². The van der Waals surface area contributed by atoms with Gasteiger partial charge in [-0.2, -0.15) is 0 Å². The highest BCUT2D eigenvalue weighted by Crippen LogP contribution is 2.21. The summed E-state index contributed by atoms with van der Waals surface area (Å²) in [4.78, 5) is 0. The van der Waals surface area contributed by atoms with E-state index in [9.17, 15) is 0 Å². The summed E-state index contributed by atoms with van der Waals surface area (Å²) in [6.45, 7) is 7.52. The lowest BCUT2D eigenvalue weighted by Crippen LogP contribution is -2.27. The van der Waals surface area contributed by atoms with Crippen LogP contribution in [0.2, 0.25) is 0 Å². The van der Waals surface area contributed by atoms with Crippen molar-refractivity contribution in [3.63, 3.8) is 0 Å². The van der Waals surface area contributed by atoms with Gasteiger partial charge in [0.05, 0.1) is 5.60 Å². The molecular formula is C17H29NO. The molecule has 0 saturated heterocycles. The average molecular weight is 263 g/mol. The second-order valence-electron chi connectivity index (χ2n) is 6.12. The molecule has 19 heavy (non-hydrogen) atoms. The summed E-state index contributed by atoms with van der Waals surface area (Å²) in [6, 6.07) is 8.90. The zero-order chi connectivity index (χ0) is 14.3. The molecule has 0 heterocycles. The maximum atomic E-state index is 5.51. The highest BCUT2D eigenvalue weighted by atomic mass is 16.5. The molecule has 1 N–H and O–H groups in total. The van der Waals surface area contributed by atoms with E-state index in [1.165, 1.54) is 17.5 Å². The van der Waals surface area contributed by atoms with Gasteiger partial charge in [0, 0.05) is 7.11 Å². The van der Waals surface area contributed by atoms with Crippen molar-refractivity contribution in [3.8, 4) is 0 Å². The Bertz CT molecular complexity index is 356. The van der Waals surface area contributed by atoms with Crippen molar-refractivity contribution in [1.82, 2.24) is 5.32 Å². The van der Waals surface area contributed by atoms with Crippen LogP contribution in [0.4, 0.5) is 0 Å². The molecular weight excluding hydrogens is 234 g/mol. The van der Waals surface area contributed by atoms with Gasteiger partial charge in [-0.15, -0.1) is 0 Å². The van der Waals surface area contributed by atoms with Gasteiger partial charge in [0.25, 0.3) is 0 Å². The summed E-state index contributed by atoms with van der Waals surface area (Å²) in [7, 11) is 3.83. The van der Waals surface area contributed by atoms with E-state index in [1.807, 2.05) is 7.05 Å². The fourth-order valence-corrected chi connectivity index (χ4v) is 2.28. The van der Waals surface area contributed by atoms with Crippen molar-refractivity contribution in [2.24, 2.45) is 5.92 Å². The Morgan fingerprint density at radius 1 is 1.21 bits per heavy atom. The molecule has 108 valence electrons. The van der Waals surface area contributed by atoms with Gasteiger partial charge in [-0.25, -0.2) is 0 Å². The number of hydrogen-bond acceptors (Lipinski definition) is 2. The van der Waals surface area contributed by atoms with Crippen LogP contribution in [0.1, 0.15) is 37.8 Å². The van der Waals surface area contributed by atoms with Crippen molar-refractivity contribution in [2.45, 2.75) is 45.6 Å². The molecule has 0 spiro atoms. The maximum Gasteiger partial charge on any atom is 0.0622 e. The first-order chi connectivity index (χ1) is 8.96. The van der Waals surface area contributed by atoms with Crippen LogP contribution in [0, 0.1) is 12.8 Å². The maximum absolute atomic E-state index is 5.51. The van der Waals surface area contributed by atoms with E-state index in [4.69, 9.17) is 4.74 Å². The Hall–Kier alpha value is -0.860. The number of hydrogen-bond donors (Lipinski definition) is 1. The van der Waals surface area contributed by atoms with Crippen LogP contribution in [-0.2, 0) is 11.2 Å². The first-order valence-electron chi connectivity index (χ1n) is 7.22. The summed E-state index contributed by atoms with van der Waals surface area (Å²) in [5.41, 5.74) is 2.75. The zero-order valence-corrected chi connectivity index (χ0v) is 13.1. The summed E-state index contributed by atoms with van der Waals surface area (Å²) in [6.07, 6.45) is 3.43. The quantitative estimate of drug-likeness (QED) is 0.774. The second kappa shape index (κ2) is 7.66. The van der Waals surface area contributed by atoms with Crippen LogP contribution in [0.25, 0.3) is 0 Å². The van der Waals surface area contributed by atoms with E-state index in [-0.39, 0.29) is 5.60 Å². The predicted octanol–water partition coefficient (Wildman–Crippen LogP) is 3.58. The van der Waals surface area contributed by atoms with Gasteiger partial charge < -0.3 is 10.1 Å². The standard InChI is InChI=1S/C17H29NO/c1-14-6-8-15(9-7-14)12-16(13-18-4)10-11-17(2,3)19-5/h6-9,16,18H,10-13H2,1-5H3. The van der Waals surface area contributed by atoms with Crippen LogP contribution in [0.5, 0.6) is 0 Å². The second-order valence-corrected chi connectivity index (χ2v) is 6.12. The topological polar surface area (TPSA) is 21.3 Å². The molecule has 2 heteroatoms. The molecule has 0 aliphatic rings. The minimum atomic E-state index is -0.0146. The van der Waals surface area contributed by atoms with Crippen LogP contribution >= 0.6 is 0 Å². The number of ether oxygens (including phenoxy) is 1. The summed E-state index contributed by atoms with van der Waals surface area (Å²) >= 11 is 0. The van der Waals surface area contributed by atoms with Crippen molar-refractivity contribution in [3.05, 3.63) is 35.4 Å². The van der Waals surface area contributed by atoms with Crippen molar-refractivity contribution >= 4 is 0 Å². The van der Waals surface area contributed by atoms with E-state index in [0.717, 1.165) is 19.4 Å². The molecule has 0 amide bonds.